The highest BCUT2D eigenvalue weighted by molar-refractivity contribution is 6.22. The zero-order chi connectivity index (χ0) is 36.3. The van der Waals surface area contributed by atoms with Crippen LogP contribution in [0.15, 0.2) is 65.9 Å². The van der Waals surface area contributed by atoms with Gasteiger partial charge in [0.1, 0.15) is 5.75 Å². The molecule has 1 N–H and O–H groups in total. The molecular formula is C38H36F6N2O4. The van der Waals surface area contributed by atoms with Gasteiger partial charge in [-0.05, 0) is 115 Å². The van der Waals surface area contributed by atoms with Gasteiger partial charge in [0.05, 0.1) is 47.1 Å². The van der Waals surface area contributed by atoms with Crippen molar-refractivity contribution in [2.75, 3.05) is 11.5 Å². The van der Waals surface area contributed by atoms with Crippen LogP contribution in [0.5, 0.6) is 5.75 Å². The summed E-state index contributed by atoms with van der Waals surface area (Å²) in [4.78, 5) is 32.8. The summed E-state index contributed by atoms with van der Waals surface area (Å²) in [6.45, 7) is 7.62. The molecule has 0 unspecified atom stereocenters. The molecule has 12 heteroatoms. The molecule has 0 radical (unpaired) electrons. The molecule has 2 aromatic carbocycles. The monoisotopic (exact) mass is 698 g/mol. The fourth-order valence-corrected chi connectivity index (χ4v) is 7.67. The number of anilines is 1. The molecule has 2 aliphatic heterocycles. The van der Waals surface area contributed by atoms with Gasteiger partial charge in [-0.2, -0.15) is 26.3 Å². The van der Waals surface area contributed by atoms with Gasteiger partial charge in [0.2, 0.25) is 11.8 Å². The Morgan fingerprint density at radius 2 is 1.60 bits per heavy atom. The number of amides is 2. The number of pyridine rings is 1. The standard InChI is InChI=1S/C38H36F6N2O4/c1-19(2)27-17-28-33(36(49)46(35(28)48)26-15-24(37(39,40)41)14-25(16-26)38(42,43)44)29-18-50-31(32(27)29)9-8-23(30-7-5-6-10-45-30)13-22-11-20(3)34(47)21(4)12-22/h5-7,10-16,19,28-29,31,33,47H,8-9,17-18H2,1-4H3/b23-13-/t28-,29+,31-,33-/m1/s1. The lowest BCUT2D eigenvalue weighted by Gasteiger charge is -2.33. The third-order valence-electron chi connectivity index (χ3n) is 10.00. The fourth-order valence-electron chi connectivity index (χ4n) is 7.67. The van der Waals surface area contributed by atoms with E-state index in [0.29, 0.717) is 29.9 Å². The van der Waals surface area contributed by atoms with E-state index in [-0.39, 0.29) is 30.8 Å². The van der Waals surface area contributed by atoms with Crippen molar-refractivity contribution in [3.63, 3.8) is 0 Å². The number of fused-ring (bicyclic) bond motifs is 3. The van der Waals surface area contributed by atoms with Gasteiger partial charge >= 0.3 is 12.4 Å². The molecule has 3 heterocycles. The number of aromatic hydroxyl groups is 1. The Morgan fingerprint density at radius 1 is 0.960 bits per heavy atom. The van der Waals surface area contributed by atoms with E-state index in [1.54, 1.807) is 6.20 Å². The number of carbonyl (C=O) groups excluding carboxylic acids is 2. The van der Waals surface area contributed by atoms with Crippen LogP contribution >= 0.6 is 0 Å². The Labute approximate surface area is 285 Å². The summed E-state index contributed by atoms with van der Waals surface area (Å²) in [5, 5.41) is 10.3. The number of phenols is 1. The van der Waals surface area contributed by atoms with Crippen LogP contribution in [0.3, 0.4) is 0 Å². The quantitative estimate of drug-likeness (QED) is 0.152. The molecule has 50 heavy (non-hydrogen) atoms. The number of phenolic OH excluding ortho intramolecular Hbond substituents is 1. The second-order valence-electron chi connectivity index (χ2n) is 13.6. The van der Waals surface area contributed by atoms with E-state index in [4.69, 9.17) is 4.74 Å². The third-order valence-corrected chi connectivity index (χ3v) is 10.00. The van der Waals surface area contributed by atoms with Crippen LogP contribution in [0, 0.1) is 37.5 Å². The third kappa shape index (κ3) is 6.57. The smallest absolute Gasteiger partial charge is 0.416 e. The van der Waals surface area contributed by atoms with Gasteiger partial charge in [-0.1, -0.05) is 25.5 Å². The lowest BCUT2D eigenvalue weighted by atomic mass is 9.67. The van der Waals surface area contributed by atoms with E-state index >= 15 is 0 Å². The second-order valence-corrected chi connectivity index (χ2v) is 13.6. The number of hydrogen-bond donors (Lipinski definition) is 1. The highest BCUT2D eigenvalue weighted by Crippen LogP contribution is 2.52. The maximum Gasteiger partial charge on any atom is 0.416 e. The Kier molecular flexibility index (Phi) is 9.21. The number of halogens is 6. The predicted octanol–water partition coefficient (Wildman–Crippen LogP) is 8.94. The van der Waals surface area contributed by atoms with Crippen LogP contribution in [0.1, 0.15) is 66.6 Å². The Hall–Kier alpha value is -4.45. The van der Waals surface area contributed by atoms with E-state index in [1.807, 2.05) is 64.1 Å². The minimum absolute atomic E-state index is 0.0226. The maximum atomic E-state index is 14.0. The number of imide groups is 1. The van der Waals surface area contributed by atoms with Gasteiger partial charge in [0.15, 0.2) is 0 Å². The number of aryl methyl sites for hydroxylation is 2. The summed E-state index contributed by atoms with van der Waals surface area (Å²) in [7, 11) is 0. The maximum absolute atomic E-state index is 14.0. The van der Waals surface area contributed by atoms with Crippen LogP contribution in [-0.2, 0) is 26.7 Å². The molecule has 2 saturated heterocycles. The highest BCUT2D eigenvalue weighted by Gasteiger charge is 2.58. The summed E-state index contributed by atoms with van der Waals surface area (Å²) in [6, 6.07) is 10.2. The number of carbonyl (C=O) groups is 2. The van der Waals surface area contributed by atoms with Gasteiger partial charge in [-0.3, -0.25) is 14.6 Å². The Morgan fingerprint density at radius 3 is 2.16 bits per heavy atom. The molecule has 0 spiro atoms. The van der Waals surface area contributed by atoms with E-state index < -0.39 is 64.8 Å². The molecule has 264 valence electrons. The zero-order valence-electron chi connectivity index (χ0n) is 27.8. The summed E-state index contributed by atoms with van der Waals surface area (Å²) in [5.74, 6) is -3.96. The molecule has 3 aromatic rings. The number of benzene rings is 2. The summed E-state index contributed by atoms with van der Waals surface area (Å²) in [5.41, 5.74) is 1.84. The van der Waals surface area contributed by atoms with Crippen molar-refractivity contribution in [1.29, 1.82) is 0 Å². The predicted molar refractivity (Wildman–Crippen MR) is 175 cm³/mol. The van der Waals surface area contributed by atoms with Crippen molar-refractivity contribution >= 4 is 29.2 Å². The van der Waals surface area contributed by atoms with Gasteiger partial charge in [-0.25, -0.2) is 4.90 Å². The molecule has 0 saturated carbocycles. The summed E-state index contributed by atoms with van der Waals surface area (Å²) in [6.07, 6.45) is -5.86. The molecule has 2 fully saturated rings. The number of nitrogens with zero attached hydrogens (tertiary/aromatic N) is 2. The molecule has 6 rings (SSSR count). The number of allylic oxidation sites excluding steroid dienone is 2. The average Bonchev–Trinajstić information content (AvgIpc) is 3.58. The lowest BCUT2D eigenvalue weighted by molar-refractivity contribution is -0.143. The van der Waals surface area contributed by atoms with Crippen molar-refractivity contribution in [3.05, 3.63) is 99.4 Å². The Bertz CT molecular complexity index is 1840. The second kappa shape index (κ2) is 13.0. The molecule has 1 aliphatic carbocycles. The Balaban J connectivity index is 1.32. The topological polar surface area (TPSA) is 79.7 Å². The van der Waals surface area contributed by atoms with Crippen LogP contribution in [0.25, 0.3) is 11.6 Å². The first-order valence-electron chi connectivity index (χ1n) is 16.4. The van der Waals surface area contributed by atoms with Crippen LogP contribution in [0.4, 0.5) is 32.0 Å². The first-order chi connectivity index (χ1) is 23.5. The molecular weight excluding hydrogens is 662 g/mol. The average molecular weight is 699 g/mol. The fraction of sp³-hybridized carbons (Fsp3) is 0.395. The van der Waals surface area contributed by atoms with Crippen molar-refractivity contribution in [2.45, 2.75) is 65.4 Å². The zero-order valence-corrected chi connectivity index (χ0v) is 27.8. The highest BCUT2D eigenvalue weighted by atomic mass is 19.4. The van der Waals surface area contributed by atoms with Gasteiger partial charge in [0, 0.05) is 12.1 Å². The van der Waals surface area contributed by atoms with Gasteiger partial charge in [0.25, 0.3) is 0 Å². The molecule has 4 atom stereocenters. The summed E-state index contributed by atoms with van der Waals surface area (Å²) < 4.78 is 88.4. The van der Waals surface area contributed by atoms with Crippen LogP contribution in [-0.4, -0.2) is 34.6 Å². The van der Waals surface area contributed by atoms with Crippen molar-refractivity contribution in [2.24, 2.45) is 23.7 Å². The number of aromatic nitrogens is 1. The molecule has 1 aromatic heterocycles. The van der Waals surface area contributed by atoms with Gasteiger partial charge < -0.3 is 9.84 Å². The normalized spacial score (nSPS) is 22.9. The van der Waals surface area contributed by atoms with E-state index in [9.17, 15) is 41.0 Å². The first-order valence-corrected chi connectivity index (χ1v) is 16.4. The molecule has 3 aliphatic rings. The SMILES string of the molecule is Cc1cc(/C=C(/CC[C@H]2OC[C@H]3C2=C(C(C)C)C[C@H]2C(=O)N(c4cc(C(F)(F)F)cc(C(F)(F)F)c4)C(=O)[C@H]23)c2ccccn2)cc(C)c1O. The van der Waals surface area contributed by atoms with Crippen molar-refractivity contribution in [3.8, 4) is 5.75 Å². The van der Waals surface area contributed by atoms with Crippen LogP contribution in [0.2, 0.25) is 0 Å². The number of alkyl halides is 6. The van der Waals surface area contributed by atoms with Crippen LogP contribution < -0.4 is 4.90 Å². The van der Waals surface area contributed by atoms with E-state index in [2.05, 4.69) is 4.98 Å². The molecule has 2 amide bonds. The minimum Gasteiger partial charge on any atom is -0.507 e. The summed E-state index contributed by atoms with van der Waals surface area (Å²) >= 11 is 0. The van der Waals surface area contributed by atoms with Crippen molar-refractivity contribution < 1.29 is 45.8 Å². The largest absolute Gasteiger partial charge is 0.507 e. The number of hydrogen-bond acceptors (Lipinski definition) is 5. The number of ether oxygens (including phenoxy) is 1. The van der Waals surface area contributed by atoms with Gasteiger partial charge in [-0.15, -0.1) is 0 Å². The van der Waals surface area contributed by atoms with E-state index in [0.717, 1.165) is 39.1 Å². The first kappa shape index (κ1) is 35.4. The van der Waals surface area contributed by atoms with Crippen molar-refractivity contribution in [1.82, 2.24) is 4.98 Å². The lowest BCUT2D eigenvalue weighted by Crippen LogP contribution is -2.35. The molecule has 6 nitrogen and oxygen atoms in total. The number of rotatable bonds is 7. The molecule has 0 bridgehead atoms. The van der Waals surface area contributed by atoms with E-state index in [1.165, 1.54) is 0 Å². The minimum atomic E-state index is -5.14.